The molecular formula is C16H27N5. The monoisotopic (exact) mass is 289 g/mol. The van der Waals surface area contributed by atoms with Gasteiger partial charge in [-0.1, -0.05) is 13.3 Å². The topological polar surface area (TPSA) is 44.3 Å². The molecule has 0 aliphatic carbocycles. The Morgan fingerprint density at radius 3 is 2.81 bits per heavy atom. The van der Waals surface area contributed by atoms with Crippen LogP contribution in [0.1, 0.15) is 38.7 Å². The molecule has 2 unspecified atom stereocenters. The van der Waals surface area contributed by atoms with E-state index < -0.39 is 0 Å². The van der Waals surface area contributed by atoms with Gasteiger partial charge in [-0.3, -0.25) is 4.90 Å². The lowest BCUT2D eigenvalue weighted by molar-refractivity contribution is 0.115. The average molecular weight is 289 g/mol. The normalized spacial score (nSPS) is 26.7. The van der Waals surface area contributed by atoms with E-state index in [9.17, 15) is 0 Å². The molecule has 2 saturated heterocycles. The highest BCUT2D eigenvalue weighted by Crippen LogP contribution is 2.26. The third-order valence-electron chi connectivity index (χ3n) is 4.72. The summed E-state index contributed by atoms with van der Waals surface area (Å²) in [6.45, 7) is 9.72. The van der Waals surface area contributed by atoms with Crippen molar-refractivity contribution in [2.24, 2.45) is 0 Å². The van der Waals surface area contributed by atoms with Crippen molar-refractivity contribution < 1.29 is 0 Å². The van der Waals surface area contributed by atoms with Crippen molar-refractivity contribution in [2.75, 3.05) is 31.1 Å². The molecule has 0 spiro atoms. The van der Waals surface area contributed by atoms with Crippen molar-refractivity contribution in [3.8, 4) is 0 Å². The van der Waals surface area contributed by atoms with E-state index in [0.29, 0.717) is 12.1 Å². The fourth-order valence-electron chi connectivity index (χ4n) is 3.49. The first kappa shape index (κ1) is 14.7. The highest BCUT2D eigenvalue weighted by molar-refractivity contribution is 5.33. The summed E-state index contributed by atoms with van der Waals surface area (Å²) in [4.78, 5) is 14.2. The third kappa shape index (κ3) is 3.35. The van der Waals surface area contributed by atoms with E-state index in [1.807, 2.05) is 12.4 Å². The minimum Gasteiger partial charge on any atom is -0.335 e. The molecule has 2 atom stereocenters. The van der Waals surface area contributed by atoms with Gasteiger partial charge in [-0.15, -0.1) is 0 Å². The largest absolute Gasteiger partial charge is 0.335 e. The molecule has 3 heterocycles. The number of anilines is 1. The summed E-state index contributed by atoms with van der Waals surface area (Å²) in [5.41, 5.74) is 1.16. The van der Waals surface area contributed by atoms with Gasteiger partial charge in [0.2, 0.25) is 5.95 Å². The smallest absolute Gasteiger partial charge is 0.225 e. The molecular weight excluding hydrogens is 262 g/mol. The number of nitrogens with zero attached hydrogens (tertiary/aromatic N) is 4. The van der Waals surface area contributed by atoms with Crippen LogP contribution in [0.2, 0.25) is 0 Å². The Bertz CT molecular complexity index is 446. The molecule has 0 saturated carbocycles. The number of fused-ring (bicyclic) bond motifs is 1. The number of piperazine rings is 1. The highest BCUT2D eigenvalue weighted by atomic mass is 15.4. The molecule has 0 bridgehead atoms. The van der Waals surface area contributed by atoms with Crippen LogP contribution in [0.4, 0.5) is 5.95 Å². The van der Waals surface area contributed by atoms with Crippen LogP contribution in [-0.2, 0) is 6.54 Å². The van der Waals surface area contributed by atoms with Gasteiger partial charge in [-0.2, -0.15) is 0 Å². The molecule has 0 aromatic carbocycles. The van der Waals surface area contributed by atoms with Gasteiger partial charge in [0.15, 0.2) is 0 Å². The Hall–Kier alpha value is -1.20. The number of rotatable bonds is 4. The first-order valence-electron chi connectivity index (χ1n) is 8.30. The van der Waals surface area contributed by atoms with Crippen molar-refractivity contribution in [1.82, 2.24) is 20.2 Å². The summed E-state index contributed by atoms with van der Waals surface area (Å²) >= 11 is 0. The lowest BCUT2D eigenvalue weighted by Gasteiger charge is -2.47. The maximum absolute atomic E-state index is 4.60. The van der Waals surface area contributed by atoms with Crippen LogP contribution >= 0.6 is 0 Å². The predicted octanol–water partition coefficient (Wildman–Crippen LogP) is 1.65. The van der Waals surface area contributed by atoms with Crippen molar-refractivity contribution >= 4 is 5.95 Å². The number of hydrogen-bond donors (Lipinski definition) is 1. The first-order chi connectivity index (χ1) is 10.3. The summed E-state index contributed by atoms with van der Waals surface area (Å²) in [5, 5.41) is 3.31. The van der Waals surface area contributed by atoms with Gasteiger partial charge < -0.3 is 10.2 Å². The Morgan fingerprint density at radius 2 is 2.05 bits per heavy atom. The third-order valence-corrected chi connectivity index (χ3v) is 4.72. The molecule has 5 heteroatoms. The van der Waals surface area contributed by atoms with E-state index in [0.717, 1.165) is 37.7 Å². The molecule has 3 rings (SSSR count). The molecule has 2 fully saturated rings. The van der Waals surface area contributed by atoms with Gasteiger partial charge in [-0.05, 0) is 32.9 Å². The Labute approximate surface area is 127 Å². The summed E-state index contributed by atoms with van der Waals surface area (Å²) in [7, 11) is 0. The standard InChI is InChI=1S/C16H27N5/c1-3-17-8-14-9-18-16(19-10-14)21-12-15-6-4-5-7-20(15)11-13(21)2/h9-10,13,15,17H,3-8,11-12H2,1-2H3. The zero-order valence-electron chi connectivity index (χ0n) is 13.3. The van der Waals surface area contributed by atoms with Gasteiger partial charge in [0.25, 0.3) is 0 Å². The summed E-state index contributed by atoms with van der Waals surface area (Å²) in [5.74, 6) is 0.896. The van der Waals surface area contributed by atoms with Gasteiger partial charge in [-0.25, -0.2) is 9.97 Å². The molecule has 1 aromatic rings. The second-order valence-electron chi connectivity index (χ2n) is 6.32. The van der Waals surface area contributed by atoms with E-state index in [1.54, 1.807) is 0 Å². The van der Waals surface area contributed by atoms with Gasteiger partial charge >= 0.3 is 0 Å². The number of hydrogen-bond acceptors (Lipinski definition) is 5. The van der Waals surface area contributed by atoms with Crippen LogP contribution in [0.15, 0.2) is 12.4 Å². The maximum atomic E-state index is 4.60. The second-order valence-corrected chi connectivity index (χ2v) is 6.32. The Morgan fingerprint density at radius 1 is 1.24 bits per heavy atom. The van der Waals surface area contributed by atoms with Crippen molar-refractivity contribution in [2.45, 2.75) is 51.7 Å². The van der Waals surface area contributed by atoms with Crippen LogP contribution in [0.25, 0.3) is 0 Å². The van der Waals surface area contributed by atoms with Crippen molar-refractivity contribution in [3.05, 3.63) is 18.0 Å². The van der Waals surface area contributed by atoms with Crippen LogP contribution in [0.3, 0.4) is 0 Å². The maximum Gasteiger partial charge on any atom is 0.225 e. The molecule has 1 aromatic heterocycles. The summed E-state index contributed by atoms with van der Waals surface area (Å²) in [6, 6.07) is 1.19. The zero-order valence-corrected chi connectivity index (χ0v) is 13.3. The zero-order chi connectivity index (χ0) is 14.7. The molecule has 2 aliphatic heterocycles. The number of aromatic nitrogens is 2. The van der Waals surface area contributed by atoms with Gasteiger partial charge in [0.05, 0.1) is 0 Å². The van der Waals surface area contributed by atoms with Crippen LogP contribution in [-0.4, -0.2) is 53.1 Å². The second kappa shape index (κ2) is 6.71. The number of piperidine rings is 1. The summed E-state index contributed by atoms with van der Waals surface area (Å²) < 4.78 is 0. The predicted molar refractivity (Wildman–Crippen MR) is 85.4 cm³/mol. The van der Waals surface area contributed by atoms with Crippen molar-refractivity contribution in [3.63, 3.8) is 0 Å². The lowest BCUT2D eigenvalue weighted by Crippen LogP contribution is -2.59. The van der Waals surface area contributed by atoms with E-state index >= 15 is 0 Å². The van der Waals surface area contributed by atoms with Crippen LogP contribution in [0.5, 0.6) is 0 Å². The molecule has 0 amide bonds. The van der Waals surface area contributed by atoms with Crippen LogP contribution in [0, 0.1) is 0 Å². The first-order valence-corrected chi connectivity index (χ1v) is 8.30. The fourth-order valence-corrected chi connectivity index (χ4v) is 3.49. The minimum absolute atomic E-state index is 0.499. The summed E-state index contributed by atoms with van der Waals surface area (Å²) in [6.07, 6.45) is 7.97. The van der Waals surface area contributed by atoms with E-state index in [4.69, 9.17) is 0 Å². The highest BCUT2D eigenvalue weighted by Gasteiger charge is 2.33. The van der Waals surface area contributed by atoms with Crippen molar-refractivity contribution in [1.29, 1.82) is 0 Å². The van der Waals surface area contributed by atoms with Gasteiger partial charge in [0, 0.05) is 49.7 Å². The Kier molecular flexibility index (Phi) is 4.70. The Balaban J connectivity index is 1.67. The lowest BCUT2D eigenvalue weighted by atomic mass is 9.97. The molecule has 2 aliphatic rings. The molecule has 0 radical (unpaired) electrons. The molecule has 1 N–H and O–H groups in total. The van der Waals surface area contributed by atoms with Crippen LogP contribution < -0.4 is 10.2 Å². The van der Waals surface area contributed by atoms with Gasteiger partial charge in [0.1, 0.15) is 0 Å². The minimum atomic E-state index is 0.499. The number of nitrogens with one attached hydrogen (secondary N) is 1. The van der Waals surface area contributed by atoms with E-state index in [2.05, 4.69) is 38.9 Å². The molecule has 116 valence electrons. The molecule has 21 heavy (non-hydrogen) atoms. The SMILES string of the molecule is CCNCc1cnc(N2CC3CCCCN3CC2C)nc1. The van der Waals surface area contributed by atoms with E-state index in [1.165, 1.54) is 25.8 Å². The molecule has 5 nitrogen and oxygen atoms in total. The fraction of sp³-hybridized carbons (Fsp3) is 0.750. The van der Waals surface area contributed by atoms with E-state index in [-0.39, 0.29) is 0 Å². The quantitative estimate of drug-likeness (QED) is 0.913. The average Bonchev–Trinajstić information content (AvgIpc) is 2.53.